The van der Waals surface area contributed by atoms with Crippen molar-refractivity contribution in [1.29, 1.82) is 0 Å². The standard InChI is InChI=1S/C16H27N3S.HI/c1-4-17-15(19-13-8-5-6-9-13)18-12-16(2,3)14-10-7-11-20-14;/h7,10-11,13H,4-6,8-9,12H2,1-3H3,(H2,17,18,19);1H. The minimum atomic E-state index is 0. The summed E-state index contributed by atoms with van der Waals surface area (Å²) in [6, 6.07) is 4.93. The summed E-state index contributed by atoms with van der Waals surface area (Å²) in [4.78, 5) is 6.21. The van der Waals surface area contributed by atoms with E-state index in [9.17, 15) is 0 Å². The maximum Gasteiger partial charge on any atom is 0.191 e. The topological polar surface area (TPSA) is 36.4 Å². The summed E-state index contributed by atoms with van der Waals surface area (Å²) in [5.74, 6) is 0.976. The summed E-state index contributed by atoms with van der Waals surface area (Å²) in [6.45, 7) is 8.38. The highest BCUT2D eigenvalue weighted by Gasteiger charge is 2.22. The van der Waals surface area contributed by atoms with Crippen LogP contribution in [-0.4, -0.2) is 25.1 Å². The van der Waals surface area contributed by atoms with Gasteiger partial charge < -0.3 is 10.6 Å². The molecule has 0 aromatic carbocycles. The van der Waals surface area contributed by atoms with Crippen molar-refractivity contribution in [2.24, 2.45) is 4.99 Å². The number of hydrogen-bond acceptors (Lipinski definition) is 2. The SMILES string of the molecule is CCNC(=NCC(C)(C)c1cccs1)NC1CCCC1.I. The molecule has 1 heterocycles. The van der Waals surface area contributed by atoms with Gasteiger partial charge in [0.1, 0.15) is 0 Å². The highest BCUT2D eigenvalue weighted by molar-refractivity contribution is 14.0. The molecule has 0 atom stereocenters. The molecule has 21 heavy (non-hydrogen) atoms. The molecule has 1 fully saturated rings. The van der Waals surface area contributed by atoms with Gasteiger partial charge in [-0.25, -0.2) is 0 Å². The van der Waals surface area contributed by atoms with E-state index in [1.54, 1.807) is 0 Å². The number of rotatable bonds is 5. The fraction of sp³-hybridized carbons (Fsp3) is 0.688. The van der Waals surface area contributed by atoms with Crippen molar-refractivity contribution in [2.45, 2.75) is 57.9 Å². The normalized spacial score (nSPS) is 16.6. The predicted octanol–water partition coefficient (Wildman–Crippen LogP) is 4.14. The summed E-state index contributed by atoms with van der Waals surface area (Å²) in [5.41, 5.74) is 0.103. The molecule has 0 radical (unpaired) electrons. The van der Waals surface area contributed by atoms with E-state index in [0.29, 0.717) is 6.04 Å². The number of halogens is 1. The van der Waals surface area contributed by atoms with E-state index < -0.39 is 0 Å². The Hall–Kier alpha value is -0.300. The van der Waals surface area contributed by atoms with Crippen LogP contribution < -0.4 is 10.6 Å². The molecule has 0 spiro atoms. The molecule has 1 aromatic heterocycles. The zero-order valence-corrected chi connectivity index (χ0v) is 16.5. The van der Waals surface area contributed by atoms with Gasteiger partial charge in [0.25, 0.3) is 0 Å². The molecular formula is C16H28IN3S. The molecule has 0 aliphatic heterocycles. The predicted molar refractivity (Wildman–Crippen MR) is 104 cm³/mol. The first-order valence-corrected chi connectivity index (χ1v) is 8.58. The molecule has 1 aliphatic rings. The van der Waals surface area contributed by atoms with Gasteiger partial charge in [0.15, 0.2) is 5.96 Å². The van der Waals surface area contributed by atoms with Gasteiger partial charge in [-0.15, -0.1) is 35.3 Å². The van der Waals surface area contributed by atoms with Crippen molar-refractivity contribution in [3.8, 4) is 0 Å². The average Bonchev–Trinajstić information content (AvgIpc) is 3.09. The molecule has 5 heteroatoms. The molecule has 2 N–H and O–H groups in total. The molecular weight excluding hydrogens is 393 g/mol. The second-order valence-electron chi connectivity index (χ2n) is 6.18. The Bertz CT molecular complexity index is 423. The minimum absolute atomic E-state index is 0. The number of guanidine groups is 1. The van der Waals surface area contributed by atoms with E-state index in [0.717, 1.165) is 19.0 Å². The maximum absolute atomic E-state index is 4.81. The van der Waals surface area contributed by atoms with Gasteiger partial charge in [-0.2, -0.15) is 0 Å². The van der Waals surface area contributed by atoms with Crippen LogP contribution in [0.5, 0.6) is 0 Å². The number of hydrogen-bond donors (Lipinski definition) is 2. The number of nitrogens with one attached hydrogen (secondary N) is 2. The third kappa shape index (κ3) is 5.77. The number of nitrogens with zero attached hydrogens (tertiary/aromatic N) is 1. The molecule has 0 bridgehead atoms. The van der Waals surface area contributed by atoms with Crippen LogP contribution in [0.3, 0.4) is 0 Å². The zero-order valence-electron chi connectivity index (χ0n) is 13.3. The van der Waals surface area contributed by atoms with Crippen LogP contribution in [0, 0.1) is 0 Å². The highest BCUT2D eigenvalue weighted by atomic mass is 127. The van der Waals surface area contributed by atoms with Gasteiger partial charge in [0, 0.05) is 22.9 Å². The first kappa shape index (κ1) is 18.7. The molecule has 1 aliphatic carbocycles. The third-order valence-corrected chi connectivity index (χ3v) is 5.10. The quantitative estimate of drug-likeness (QED) is 0.426. The number of aliphatic imine (C=N–C) groups is 1. The molecule has 1 aromatic rings. The molecule has 0 saturated heterocycles. The Morgan fingerprint density at radius 3 is 2.67 bits per heavy atom. The molecule has 1 saturated carbocycles. The van der Waals surface area contributed by atoms with Crippen LogP contribution in [0.15, 0.2) is 22.5 Å². The van der Waals surface area contributed by atoms with Crippen molar-refractivity contribution in [3.63, 3.8) is 0 Å². The van der Waals surface area contributed by atoms with Crippen LogP contribution in [0.4, 0.5) is 0 Å². The highest BCUT2D eigenvalue weighted by Crippen LogP contribution is 2.27. The molecule has 120 valence electrons. The fourth-order valence-corrected chi connectivity index (χ4v) is 3.45. The van der Waals surface area contributed by atoms with Crippen molar-refractivity contribution < 1.29 is 0 Å². The van der Waals surface area contributed by atoms with E-state index in [1.165, 1.54) is 30.6 Å². The largest absolute Gasteiger partial charge is 0.357 e. The van der Waals surface area contributed by atoms with E-state index in [1.807, 2.05) is 11.3 Å². The molecule has 2 rings (SSSR count). The summed E-state index contributed by atoms with van der Waals surface area (Å²) in [7, 11) is 0. The van der Waals surface area contributed by atoms with Crippen LogP contribution in [0.2, 0.25) is 0 Å². The second-order valence-corrected chi connectivity index (χ2v) is 7.13. The molecule has 0 amide bonds. The monoisotopic (exact) mass is 421 g/mol. The van der Waals surface area contributed by atoms with Crippen molar-refractivity contribution in [2.75, 3.05) is 13.1 Å². The lowest BCUT2D eigenvalue weighted by atomic mass is 9.92. The average molecular weight is 421 g/mol. The van der Waals surface area contributed by atoms with E-state index in [-0.39, 0.29) is 29.4 Å². The molecule has 0 unspecified atom stereocenters. The lowest BCUT2D eigenvalue weighted by Gasteiger charge is -2.23. The first-order valence-electron chi connectivity index (χ1n) is 7.70. The van der Waals surface area contributed by atoms with Crippen molar-refractivity contribution in [3.05, 3.63) is 22.4 Å². The Morgan fingerprint density at radius 1 is 1.38 bits per heavy atom. The third-order valence-electron chi connectivity index (χ3n) is 3.86. The maximum atomic E-state index is 4.81. The van der Waals surface area contributed by atoms with Gasteiger partial charge in [0.2, 0.25) is 0 Å². The molecule has 3 nitrogen and oxygen atoms in total. The van der Waals surface area contributed by atoms with Gasteiger partial charge in [-0.3, -0.25) is 4.99 Å². The van der Waals surface area contributed by atoms with E-state index in [4.69, 9.17) is 4.99 Å². The Balaban J connectivity index is 0.00000220. The summed E-state index contributed by atoms with van der Waals surface area (Å²) in [5, 5.41) is 9.09. The van der Waals surface area contributed by atoms with Gasteiger partial charge in [0.05, 0.1) is 6.54 Å². The van der Waals surface area contributed by atoms with E-state index in [2.05, 4.69) is 48.9 Å². The van der Waals surface area contributed by atoms with Crippen LogP contribution in [0.25, 0.3) is 0 Å². The lowest BCUT2D eigenvalue weighted by molar-refractivity contribution is 0.543. The Morgan fingerprint density at radius 2 is 2.10 bits per heavy atom. The lowest BCUT2D eigenvalue weighted by Crippen LogP contribution is -2.43. The van der Waals surface area contributed by atoms with Crippen LogP contribution in [0.1, 0.15) is 51.3 Å². The van der Waals surface area contributed by atoms with Gasteiger partial charge >= 0.3 is 0 Å². The van der Waals surface area contributed by atoms with Crippen LogP contribution in [-0.2, 0) is 5.41 Å². The Kier molecular flexibility index (Phi) is 8.02. The second kappa shape index (κ2) is 8.98. The van der Waals surface area contributed by atoms with Crippen molar-refractivity contribution in [1.82, 2.24) is 10.6 Å². The van der Waals surface area contributed by atoms with Gasteiger partial charge in [-0.1, -0.05) is 32.8 Å². The summed E-state index contributed by atoms with van der Waals surface area (Å²) in [6.07, 6.45) is 5.24. The van der Waals surface area contributed by atoms with Crippen molar-refractivity contribution >= 4 is 41.3 Å². The van der Waals surface area contributed by atoms with Gasteiger partial charge in [-0.05, 0) is 31.2 Å². The fourth-order valence-electron chi connectivity index (χ4n) is 2.60. The summed E-state index contributed by atoms with van der Waals surface area (Å²) >= 11 is 1.82. The van der Waals surface area contributed by atoms with E-state index >= 15 is 0 Å². The first-order chi connectivity index (χ1) is 9.62. The van der Waals surface area contributed by atoms with Crippen LogP contribution >= 0.6 is 35.3 Å². The number of thiophene rings is 1. The zero-order chi connectivity index (χ0) is 14.4. The Labute approximate surface area is 150 Å². The minimum Gasteiger partial charge on any atom is -0.357 e. The smallest absolute Gasteiger partial charge is 0.191 e. The summed E-state index contributed by atoms with van der Waals surface area (Å²) < 4.78 is 0.